The number of nitrogens with one attached hydrogen (secondary N) is 1. The molecule has 0 saturated heterocycles. The third-order valence-electron chi connectivity index (χ3n) is 0.932. The number of ether oxygens (including phenoxy) is 1. The molecule has 10 heavy (non-hydrogen) atoms. The lowest BCUT2D eigenvalue weighted by molar-refractivity contribution is -0.128. The molecule has 0 aromatic heterocycles. The second-order valence-electron chi connectivity index (χ2n) is 1.77. The number of hydrogen-bond acceptors (Lipinski definition) is 4. The topological polar surface area (TPSA) is 62.1 Å². The van der Waals surface area contributed by atoms with E-state index < -0.39 is 0 Å². The molecule has 1 unspecified atom stereocenters. The Morgan fingerprint density at radius 1 is 1.90 bits per heavy atom. The van der Waals surface area contributed by atoms with E-state index in [1.807, 2.05) is 6.07 Å². The van der Waals surface area contributed by atoms with Gasteiger partial charge in [0.1, 0.15) is 6.61 Å². The molecule has 0 bridgehead atoms. The van der Waals surface area contributed by atoms with Crippen LogP contribution in [0.5, 0.6) is 0 Å². The molecule has 1 atom stereocenters. The van der Waals surface area contributed by atoms with Gasteiger partial charge < -0.3 is 4.74 Å². The first kappa shape index (κ1) is 8.92. The zero-order valence-electron chi connectivity index (χ0n) is 5.83. The van der Waals surface area contributed by atoms with Gasteiger partial charge in [-0.3, -0.25) is 10.1 Å². The molecular weight excluding hydrogens is 132 g/mol. The van der Waals surface area contributed by atoms with Crippen molar-refractivity contribution >= 4 is 6.47 Å². The summed E-state index contributed by atoms with van der Waals surface area (Å²) in [4.78, 5) is 9.60. The highest BCUT2D eigenvalue weighted by atomic mass is 16.5. The second-order valence-corrected chi connectivity index (χ2v) is 1.77. The Morgan fingerprint density at radius 2 is 2.60 bits per heavy atom. The van der Waals surface area contributed by atoms with Gasteiger partial charge in [-0.15, -0.1) is 0 Å². The fraction of sp³-hybridized carbons (Fsp3) is 0.667. The molecule has 0 radical (unpaired) electrons. The van der Waals surface area contributed by atoms with E-state index in [-0.39, 0.29) is 6.04 Å². The van der Waals surface area contributed by atoms with Gasteiger partial charge in [-0.05, 0) is 6.92 Å². The third-order valence-corrected chi connectivity index (χ3v) is 0.932. The Morgan fingerprint density at radius 3 is 3.10 bits per heavy atom. The summed E-state index contributed by atoms with van der Waals surface area (Å²) in [5, 5.41) is 11.1. The predicted octanol–water partition coefficient (Wildman–Crippen LogP) is -0.339. The van der Waals surface area contributed by atoms with Crippen molar-refractivity contribution in [3.8, 4) is 6.07 Å². The highest BCUT2D eigenvalue weighted by molar-refractivity contribution is 5.36. The molecule has 0 rings (SSSR count). The van der Waals surface area contributed by atoms with E-state index in [2.05, 4.69) is 10.1 Å². The van der Waals surface area contributed by atoms with E-state index in [0.29, 0.717) is 19.6 Å². The summed E-state index contributed by atoms with van der Waals surface area (Å²) >= 11 is 0. The maximum Gasteiger partial charge on any atom is 0.293 e. The van der Waals surface area contributed by atoms with Crippen LogP contribution in [-0.4, -0.2) is 25.7 Å². The first-order chi connectivity index (χ1) is 4.81. The summed E-state index contributed by atoms with van der Waals surface area (Å²) < 4.78 is 4.38. The number of nitrogens with zero attached hydrogens (tertiary/aromatic N) is 1. The molecule has 0 saturated carbocycles. The van der Waals surface area contributed by atoms with Gasteiger partial charge in [0.15, 0.2) is 0 Å². The normalized spacial score (nSPS) is 11.6. The number of hydrogen-bond donors (Lipinski definition) is 1. The van der Waals surface area contributed by atoms with Crippen molar-refractivity contribution in [2.24, 2.45) is 0 Å². The molecule has 0 aliphatic carbocycles. The number of rotatable bonds is 5. The van der Waals surface area contributed by atoms with Crippen molar-refractivity contribution in [2.45, 2.75) is 13.0 Å². The van der Waals surface area contributed by atoms with Crippen LogP contribution in [0.25, 0.3) is 0 Å². The first-order valence-corrected chi connectivity index (χ1v) is 2.99. The molecule has 4 heteroatoms. The quantitative estimate of drug-likeness (QED) is 0.421. The van der Waals surface area contributed by atoms with Crippen LogP contribution in [0.4, 0.5) is 0 Å². The maximum absolute atomic E-state index is 9.60. The summed E-state index contributed by atoms with van der Waals surface area (Å²) in [6.07, 6.45) is 0. The maximum atomic E-state index is 9.60. The minimum absolute atomic E-state index is 0.185. The van der Waals surface area contributed by atoms with Crippen molar-refractivity contribution in [3.05, 3.63) is 0 Å². The van der Waals surface area contributed by atoms with Crippen LogP contribution in [0.15, 0.2) is 0 Å². The summed E-state index contributed by atoms with van der Waals surface area (Å²) in [5.74, 6) is 0. The molecule has 0 aliphatic rings. The minimum Gasteiger partial charge on any atom is -0.467 e. The van der Waals surface area contributed by atoms with E-state index in [1.165, 1.54) is 0 Å². The summed E-state index contributed by atoms with van der Waals surface area (Å²) in [7, 11) is 0. The van der Waals surface area contributed by atoms with Gasteiger partial charge in [0, 0.05) is 6.54 Å². The van der Waals surface area contributed by atoms with Gasteiger partial charge in [-0.1, -0.05) is 0 Å². The van der Waals surface area contributed by atoms with Crippen LogP contribution < -0.4 is 5.32 Å². The predicted molar refractivity (Wildman–Crippen MR) is 35.1 cm³/mol. The van der Waals surface area contributed by atoms with E-state index in [1.54, 1.807) is 6.92 Å². The molecule has 0 aromatic carbocycles. The Kier molecular flexibility index (Phi) is 5.39. The summed E-state index contributed by atoms with van der Waals surface area (Å²) in [5.41, 5.74) is 0. The number of nitriles is 1. The largest absolute Gasteiger partial charge is 0.467 e. The van der Waals surface area contributed by atoms with Gasteiger partial charge in [-0.2, -0.15) is 5.26 Å². The zero-order chi connectivity index (χ0) is 7.82. The molecule has 0 aromatic rings. The van der Waals surface area contributed by atoms with Crippen LogP contribution in [-0.2, 0) is 9.53 Å². The monoisotopic (exact) mass is 142 g/mol. The smallest absolute Gasteiger partial charge is 0.293 e. The van der Waals surface area contributed by atoms with E-state index in [4.69, 9.17) is 5.26 Å². The second kappa shape index (κ2) is 6.05. The van der Waals surface area contributed by atoms with Crippen molar-refractivity contribution in [1.29, 1.82) is 5.26 Å². The SMILES string of the molecule is CC(C#N)NCCOC=O. The van der Waals surface area contributed by atoms with Crippen LogP contribution in [0.2, 0.25) is 0 Å². The molecular formula is C6H10N2O2. The fourth-order valence-electron chi connectivity index (χ4n) is 0.428. The Hall–Kier alpha value is -1.08. The highest BCUT2D eigenvalue weighted by Gasteiger charge is 1.94. The molecule has 0 fully saturated rings. The van der Waals surface area contributed by atoms with Gasteiger partial charge in [0.05, 0.1) is 12.1 Å². The Bertz CT molecular complexity index is 130. The van der Waals surface area contributed by atoms with Gasteiger partial charge >= 0.3 is 0 Å². The minimum atomic E-state index is -0.185. The van der Waals surface area contributed by atoms with Crippen LogP contribution in [0.3, 0.4) is 0 Å². The van der Waals surface area contributed by atoms with Crippen LogP contribution in [0, 0.1) is 11.3 Å². The van der Waals surface area contributed by atoms with E-state index in [0.717, 1.165) is 0 Å². The lowest BCUT2D eigenvalue weighted by Crippen LogP contribution is -2.27. The van der Waals surface area contributed by atoms with Crippen LogP contribution in [0.1, 0.15) is 6.92 Å². The van der Waals surface area contributed by atoms with Crippen molar-refractivity contribution in [1.82, 2.24) is 5.32 Å². The molecule has 4 nitrogen and oxygen atoms in total. The van der Waals surface area contributed by atoms with Crippen LogP contribution >= 0.6 is 0 Å². The molecule has 1 N–H and O–H groups in total. The average molecular weight is 142 g/mol. The average Bonchev–Trinajstić information content (AvgIpc) is 1.98. The fourth-order valence-corrected chi connectivity index (χ4v) is 0.428. The van der Waals surface area contributed by atoms with E-state index >= 15 is 0 Å². The highest BCUT2D eigenvalue weighted by Crippen LogP contribution is 1.74. The molecule has 0 heterocycles. The lowest BCUT2D eigenvalue weighted by Gasteiger charge is -2.03. The van der Waals surface area contributed by atoms with Gasteiger partial charge in [0.25, 0.3) is 6.47 Å². The molecule has 56 valence electrons. The standard InChI is InChI=1S/C6H10N2O2/c1-6(4-7)8-2-3-10-5-9/h5-6,8H,2-3H2,1H3. The Labute approximate surface area is 59.8 Å². The van der Waals surface area contributed by atoms with Gasteiger partial charge in [0.2, 0.25) is 0 Å². The summed E-state index contributed by atoms with van der Waals surface area (Å²) in [6, 6.07) is 1.80. The molecule has 0 aliphatic heterocycles. The molecule has 0 spiro atoms. The first-order valence-electron chi connectivity index (χ1n) is 2.99. The van der Waals surface area contributed by atoms with Crippen molar-refractivity contribution < 1.29 is 9.53 Å². The Balaban J connectivity index is 3.05. The molecule has 0 amide bonds. The number of carbonyl (C=O) groups excluding carboxylic acids is 1. The lowest BCUT2D eigenvalue weighted by atomic mass is 10.4. The van der Waals surface area contributed by atoms with Crippen molar-refractivity contribution in [3.63, 3.8) is 0 Å². The van der Waals surface area contributed by atoms with Gasteiger partial charge in [-0.25, -0.2) is 0 Å². The summed E-state index contributed by atoms with van der Waals surface area (Å²) in [6.45, 7) is 2.96. The van der Waals surface area contributed by atoms with E-state index in [9.17, 15) is 4.79 Å². The van der Waals surface area contributed by atoms with Crippen molar-refractivity contribution in [2.75, 3.05) is 13.2 Å². The number of carbonyl (C=O) groups is 1. The zero-order valence-corrected chi connectivity index (χ0v) is 5.83. The third kappa shape index (κ3) is 5.06.